The zero-order valence-electron chi connectivity index (χ0n) is 16.0. The lowest BCUT2D eigenvalue weighted by molar-refractivity contribution is -0.115. The van der Waals surface area contributed by atoms with E-state index in [4.69, 9.17) is 22.1 Å². The van der Waals surface area contributed by atoms with E-state index >= 15 is 0 Å². The Morgan fingerprint density at radius 3 is 2.46 bits per heavy atom. The maximum atomic E-state index is 9.43. The zero-order valence-corrected chi connectivity index (χ0v) is 16.7. The number of hydrogen-bond donors (Lipinski definition) is 1. The van der Waals surface area contributed by atoms with Crippen LogP contribution in [0, 0.1) is 11.8 Å². The molecule has 2 atom stereocenters. The summed E-state index contributed by atoms with van der Waals surface area (Å²) in [4.78, 5) is 19.5. The monoisotopic (exact) mass is 378 g/mol. The third-order valence-corrected chi connectivity index (χ3v) is 4.52. The van der Waals surface area contributed by atoms with Crippen molar-refractivity contribution in [1.82, 2.24) is 14.9 Å². The van der Waals surface area contributed by atoms with E-state index in [1.165, 1.54) is 11.3 Å². The minimum Gasteiger partial charge on any atom is -0.477 e. The highest BCUT2D eigenvalue weighted by molar-refractivity contribution is 6.30. The number of carbonyl (C=O) groups is 1. The van der Waals surface area contributed by atoms with E-state index in [0.29, 0.717) is 23.6 Å². The molecule has 6 nitrogen and oxygen atoms in total. The summed E-state index contributed by atoms with van der Waals surface area (Å²) in [7, 11) is 3.38. The second kappa shape index (κ2) is 8.18. The van der Waals surface area contributed by atoms with Crippen LogP contribution in [0.1, 0.15) is 32.8 Å². The van der Waals surface area contributed by atoms with Gasteiger partial charge in [-0.1, -0.05) is 18.5 Å². The predicted octanol–water partition coefficient (Wildman–Crippen LogP) is 3.22. The molecule has 1 aliphatic carbocycles. The summed E-state index contributed by atoms with van der Waals surface area (Å²) in [6.07, 6.45) is 5.48. The molecular formula is C19H27ClN4O2. The van der Waals surface area contributed by atoms with Crippen LogP contribution in [0.15, 0.2) is 18.5 Å². The molecule has 142 valence electrons. The van der Waals surface area contributed by atoms with Crippen LogP contribution in [0.25, 0.3) is 10.8 Å². The van der Waals surface area contributed by atoms with Crippen molar-refractivity contribution in [3.05, 3.63) is 29.2 Å². The number of rotatable bonds is 5. The Morgan fingerprint density at radius 2 is 1.96 bits per heavy atom. The van der Waals surface area contributed by atoms with Gasteiger partial charge in [-0.15, -0.1) is 0 Å². The Hall–Kier alpha value is -1.92. The summed E-state index contributed by atoms with van der Waals surface area (Å²) in [6.45, 7) is 6.84. The number of pyridine rings is 2. The van der Waals surface area contributed by atoms with Gasteiger partial charge in [0.1, 0.15) is 5.15 Å². The fraction of sp³-hybridized carbons (Fsp3) is 0.526. The molecule has 1 fully saturated rings. The van der Waals surface area contributed by atoms with Crippen molar-refractivity contribution in [3.8, 4) is 5.88 Å². The van der Waals surface area contributed by atoms with Crippen molar-refractivity contribution >= 4 is 28.8 Å². The van der Waals surface area contributed by atoms with Crippen LogP contribution in [-0.4, -0.2) is 42.0 Å². The van der Waals surface area contributed by atoms with E-state index in [-0.39, 0.29) is 0 Å². The highest BCUT2D eigenvalue weighted by Crippen LogP contribution is 2.39. The van der Waals surface area contributed by atoms with Gasteiger partial charge in [0.05, 0.1) is 12.0 Å². The molecule has 26 heavy (non-hydrogen) atoms. The van der Waals surface area contributed by atoms with Gasteiger partial charge >= 0.3 is 0 Å². The highest BCUT2D eigenvalue weighted by atomic mass is 35.5. The Bertz CT molecular complexity index is 774. The lowest BCUT2D eigenvalue weighted by Crippen LogP contribution is -2.29. The van der Waals surface area contributed by atoms with Crippen molar-refractivity contribution in [1.29, 1.82) is 0 Å². The second-order valence-corrected chi connectivity index (χ2v) is 7.99. The molecule has 2 unspecified atom stereocenters. The van der Waals surface area contributed by atoms with Crippen molar-refractivity contribution in [2.75, 3.05) is 20.7 Å². The molecule has 0 aliphatic heterocycles. The molecule has 0 saturated heterocycles. The van der Waals surface area contributed by atoms with E-state index in [0.717, 1.165) is 28.7 Å². The van der Waals surface area contributed by atoms with Crippen LogP contribution in [0.2, 0.25) is 5.15 Å². The summed E-state index contributed by atoms with van der Waals surface area (Å²) in [5.41, 5.74) is 6.67. The number of carbonyl (C=O) groups excluding carboxylic acids is 1. The molecule has 3 rings (SSSR count). The normalized spacial score (nSPS) is 18.7. The third-order valence-electron chi connectivity index (χ3n) is 4.32. The summed E-state index contributed by atoms with van der Waals surface area (Å²) in [6, 6.07) is 1.83. The van der Waals surface area contributed by atoms with Gasteiger partial charge in [-0.3, -0.25) is 4.79 Å². The number of ether oxygens (including phenoxy) is 1. The smallest absolute Gasteiger partial charge is 0.222 e. The van der Waals surface area contributed by atoms with Gasteiger partial charge in [-0.05, 0) is 49.1 Å². The van der Waals surface area contributed by atoms with Crippen LogP contribution in [0.3, 0.4) is 0 Å². The maximum Gasteiger partial charge on any atom is 0.222 e. The standard InChI is InChI=1S/C16H20ClN3O.C3H7NO/c1-9-4-10(9)8-21-15-12-6-19-14(17)5-11(12)13(7-20-15)16(2,3)18;1-4(2)3-5/h5-7,9-10H,4,8,18H2,1-3H3;3H,1-2H3. The van der Waals surface area contributed by atoms with Gasteiger partial charge in [-0.25, -0.2) is 9.97 Å². The van der Waals surface area contributed by atoms with Gasteiger partial charge in [0.15, 0.2) is 0 Å². The number of nitrogens with zero attached hydrogens (tertiary/aromatic N) is 3. The zero-order chi connectivity index (χ0) is 19.5. The number of hydrogen-bond acceptors (Lipinski definition) is 5. The molecule has 0 bridgehead atoms. The Labute approximate surface area is 159 Å². The number of nitrogens with two attached hydrogens (primary N) is 1. The van der Waals surface area contributed by atoms with Crippen LogP contribution < -0.4 is 10.5 Å². The Kier molecular flexibility index (Phi) is 6.42. The molecule has 0 aromatic carbocycles. The topological polar surface area (TPSA) is 81.3 Å². The molecule has 2 N–H and O–H groups in total. The van der Waals surface area contributed by atoms with Crippen LogP contribution in [0.4, 0.5) is 0 Å². The van der Waals surface area contributed by atoms with E-state index in [2.05, 4.69) is 16.9 Å². The summed E-state index contributed by atoms with van der Waals surface area (Å²) < 4.78 is 5.89. The summed E-state index contributed by atoms with van der Waals surface area (Å²) >= 11 is 6.04. The van der Waals surface area contributed by atoms with Crippen molar-refractivity contribution in [3.63, 3.8) is 0 Å². The van der Waals surface area contributed by atoms with Gasteiger partial charge < -0.3 is 15.4 Å². The highest BCUT2D eigenvalue weighted by Gasteiger charge is 2.33. The predicted molar refractivity (Wildman–Crippen MR) is 104 cm³/mol. The first-order valence-electron chi connectivity index (χ1n) is 8.61. The molecule has 2 heterocycles. The quantitative estimate of drug-likeness (QED) is 0.638. The van der Waals surface area contributed by atoms with Gasteiger partial charge in [0, 0.05) is 32.0 Å². The fourth-order valence-electron chi connectivity index (χ4n) is 2.53. The van der Waals surface area contributed by atoms with Crippen LogP contribution in [0.5, 0.6) is 5.88 Å². The molecule has 7 heteroatoms. The first-order chi connectivity index (χ1) is 12.1. The minimum atomic E-state index is -0.501. The average Bonchev–Trinajstić information content (AvgIpc) is 3.27. The molecular weight excluding hydrogens is 352 g/mol. The van der Waals surface area contributed by atoms with Crippen LogP contribution >= 0.6 is 11.6 Å². The molecule has 0 spiro atoms. The first kappa shape index (κ1) is 20.4. The SMILES string of the molecule is CC1CC1COc1ncc(C(C)(C)N)c2cc(Cl)ncc12.CN(C)C=O. The molecule has 1 aliphatic rings. The fourth-order valence-corrected chi connectivity index (χ4v) is 2.69. The first-order valence-corrected chi connectivity index (χ1v) is 8.99. The Morgan fingerprint density at radius 1 is 1.35 bits per heavy atom. The van der Waals surface area contributed by atoms with Crippen molar-refractivity contribution in [2.24, 2.45) is 17.6 Å². The van der Waals surface area contributed by atoms with Gasteiger partial charge in [0.2, 0.25) is 12.3 Å². The number of amides is 1. The molecule has 2 aromatic rings. The Balaban J connectivity index is 0.000000431. The van der Waals surface area contributed by atoms with E-state index in [9.17, 15) is 4.79 Å². The molecule has 1 saturated carbocycles. The largest absolute Gasteiger partial charge is 0.477 e. The number of fused-ring (bicyclic) bond motifs is 1. The summed E-state index contributed by atoms with van der Waals surface area (Å²) in [5.74, 6) is 2.01. The minimum absolute atomic E-state index is 0.445. The maximum absolute atomic E-state index is 9.43. The van der Waals surface area contributed by atoms with E-state index in [1.807, 2.05) is 19.9 Å². The van der Waals surface area contributed by atoms with Crippen LogP contribution in [-0.2, 0) is 10.3 Å². The van der Waals surface area contributed by atoms with Gasteiger partial charge in [-0.2, -0.15) is 0 Å². The molecule has 0 radical (unpaired) electrons. The number of halogens is 1. The van der Waals surface area contributed by atoms with E-state index in [1.54, 1.807) is 26.5 Å². The van der Waals surface area contributed by atoms with E-state index < -0.39 is 5.54 Å². The molecule has 2 aromatic heterocycles. The van der Waals surface area contributed by atoms with Crippen molar-refractivity contribution in [2.45, 2.75) is 32.7 Å². The van der Waals surface area contributed by atoms with Crippen molar-refractivity contribution < 1.29 is 9.53 Å². The average molecular weight is 379 g/mol. The number of aromatic nitrogens is 2. The van der Waals surface area contributed by atoms with Gasteiger partial charge in [0.25, 0.3) is 0 Å². The second-order valence-electron chi connectivity index (χ2n) is 7.60. The summed E-state index contributed by atoms with van der Waals surface area (Å²) in [5, 5.41) is 2.26. The third kappa shape index (κ3) is 5.29. The molecule has 1 amide bonds. The lowest BCUT2D eigenvalue weighted by atomic mass is 9.93. The lowest BCUT2D eigenvalue weighted by Gasteiger charge is -2.21.